The summed E-state index contributed by atoms with van der Waals surface area (Å²) in [6, 6.07) is 10.9. The Morgan fingerprint density at radius 3 is 2.67 bits per heavy atom. The number of alkyl halides is 3. The van der Waals surface area contributed by atoms with Crippen molar-refractivity contribution in [2.75, 3.05) is 6.54 Å². The molecule has 0 amide bonds. The highest BCUT2D eigenvalue weighted by Gasteiger charge is 2.32. The first-order chi connectivity index (χ1) is 14.4. The molecule has 5 rings (SSSR count). The van der Waals surface area contributed by atoms with Crippen LogP contribution in [-0.4, -0.2) is 16.1 Å². The summed E-state index contributed by atoms with van der Waals surface area (Å²) < 4.78 is 45.5. The van der Waals surface area contributed by atoms with Crippen LogP contribution in [0.25, 0.3) is 27.8 Å². The summed E-state index contributed by atoms with van der Waals surface area (Å²) in [5.41, 5.74) is 2.25. The Morgan fingerprint density at radius 1 is 1.07 bits per heavy atom. The van der Waals surface area contributed by atoms with Crippen LogP contribution in [0.2, 0.25) is 0 Å². The number of nitrogens with zero attached hydrogens (tertiary/aromatic N) is 2. The molecule has 0 radical (unpaired) electrons. The van der Waals surface area contributed by atoms with Crippen molar-refractivity contribution in [2.24, 2.45) is 0 Å². The lowest BCUT2D eigenvalue weighted by atomic mass is 10.0. The molecule has 0 saturated heterocycles. The van der Waals surface area contributed by atoms with Crippen LogP contribution in [0.1, 0.15) is 17.0 Å². The maximum Gasteiger partial charge on any atom is 0.433 e. The van der Waals surface area contributed by atoms with Crippen LogP contribution in [0.3, 0.4) is 0 Å². The minimum Gasteiger partial charge on any atom is -0.459 e. The van der Waals surface area contributed by atoms with Gasteiger partial charge in [0.2, 0.25) is 0 Å². The van der Waals surface area contributed by atoms with Gasteiger partial charge < -0.3 is 9.73 Å². The molecule has 5 nitrogen and oxygen atoms in total. The first kappa shape index (κ1) is 18.6. The van der Waals surface area contributed by atoms with E-state index in [4.69, 9.17) is 4.42 Å². The molecule has 1 aromatic carbocycles. The molecule has 1 N–H and O–H groups in total. The van der Waals surface area contributed by atoms with Gasteiger partial charge in [0.25, 0.3) is 5.56 Å². The van der Waals surface area contributed by atoms with Crippen LogP contribution in [0.5, 0.6) is 0 Å². The van der Waals surface area contributed by atoms with Crippen molar-refractivity contribution in [2.45, 2.75) is 19.1 Å². The van der Waals surface area contributed by atoms with Gasteiger partial charge in [-0.3, -0.25) is 14.3 Å². The van der Waals surface area contributed by atoms with E-state index in [1.54, 1.807) is 12.3 Å². The molecule has 0 spiro atoms. The van der Waals surface area contributed by atoms with Gasteiger partial charge in [-0.2, -0.15) is 13.2 Å². The molecular weight excluding hydrogens is 395 g/mol. The Bertz CT molecular complexity index is 1300. The molecule has 30 heavy (non-hydrogen) atoms. The lowest BCUT2D eigenvalue weighted by Gasteiger charge is -2.10. The van der Waals surface area contributed by atoms with Gasteiger partial charge >= 0.3 is 6.18 Å². The Balaban J connectivity index is 1.50. The summed E-state index contributed by atoms with van der Waals surface area (Å²) in [5.74, 6) is 0.922. The van der Waals surface area contributed by atoms with E-state index in [9.17, 15) is 18.0 Å². The molecule has 3 aromatic heterocycles. The molecule has 4 aromatic rings. The van der Waals surface area contributed by atoms with Crippen molar-refractivity contribution in [3.05, 3.63) is 82.2 Å². The highest BCUT2D eigenvalue weighted by Crippen LogP contribution is 2.30. The van der Waals surface area contributed by atoms with Gasteiger partial charge in [-0.25, -0.2) is 0 Å². The molecule has 0 saturated carbocycles. The van der Waals surface area contributed by atoms with Crippen molar-refractivity contribution in [3.8, 4) is 16.8 Å². The molecule has 0 unspecified atom stereocenters. The molecule has 0 fully saturated rings. The van der Waals surface area contributed by atoms with Crippen molar-refractivity contribution >= 4 is 11.0 Å². The Morgan fingerprint density at radius 2 is 1.93 bits per heavy atom. The maximum atomic E-state index is 12.7. The second-order valence-corrected chi connectivity index (χ2v) is 7.16. The van der Waals surface area contributed by atoms with Crippen molar-refractivity contribution in [1.82, 2.24) is 14.9 Å². The summed E-state index contributed by atoms with van der Waals surface area (Å²) >= 11 is 0. The van der Waals surface area contributed by atoms with Crippen molar-refractivity contribution in [3.63, 3.8) is 0 Å². The second kappa shape index (κ2) is 6.84. The van der Waals surface area contributed by atoms with Crippen LogP contribution in [0, 0.1) is 0 Å². The smallest absolute Gasteiger partial charge is 0.433 e. The first-order valence-corrected chi connectivity index (χ1v) is 9.42. The van der Waals surface area contributed by atoms with E-state index < -0.39 is 11.9 Å². The van der Waals surface area contributed by atoms with Crippen LogP contribution in [-0.2, 0) is 19.1 Å². The van der Waals surface area contributed by atoms with Gasteiger partial charge in [0.05, 0.1) is 12.2 Å². The number of aromatic nitrogens is 2. The fourth-order valence-electron chi connectivity index (χ4n) is 3.78. The van der Waals surface area contributed by atoms with Gasteiger partial charge in [0, 0.05) is 41.0 Å². The van der Waals surface area contributed by atoms with E-state index in [-0.39, 0.29) is 5.56 Å². The van der Waals surface area contributed by atoms with E-state index in [1.165, 1.54) is 22.3 Å². The number of benzene rings is 1. The number of halogens is 3. The van der Waals surface area contributed by atoms with Gasteiger partial charge in [0.1, 0.15) is 17.0 Å². The van der Waals surface area contributed by atoms with E-state index >= 15 is 0 Å². The minimum atomic E-state index is -4.50. The van der Waals surface area contributed by atoms with E-state index in [1.807, 2.05) is 18.2 Å². The van der Waals surface area contributed by atoms with Crippen molar-refractivity contribution in [1.29, 1.82) is 0 Å². The number of nitrogens with one attached hydrogen (secondary N) is 1. The standard InChI is InChI=1S/C22H16F3N3O2/c23-22(24,25)20-4-1-14(11-27-20)13-6-8-28(21(29)9-13)15-2-3-16-17-5-7-26-12-19(17)30-18(16)10-15/h1-4,6,8-11,26H,5,7,12H2. The third-order valence-corrected chi connectivity index (χ3v) is 5.28. The predicted octanol–water partition coefficient (Wildman–Crippen LogP) is 4.31. The number of fused-ring (bicyclic) bond motifs is 3. The third-order valence-electron chi connectivity index (χ3n) is 5.28. The van der Waals surface area contributed by atoms with Crippen molar-refractivity contribution < 1.29 is 17.6 Å². The summed E-state index contributed by atoms with van der Waals surface area (Å²) in [6.45, 7) is 1.60. The zero-order chi connectivity index (χ0) is 20.9. The minimum absolute atomic E-state index is 0.301. The molecular formula is C22H16F3N3O2. The lowest BCUT2D eigenvalue weighted by molar-refractivity contribution is -0.141. The maximum absolute atomic E-state index is 12.7. The topological polar surface area (TPSA) is 60.1 Å². The zero-order valence-corrected chi connectivity index (χ0v) is 15.7. The normalized spacial score (nSPS) is 14.1. The number of pyridine rings is 2. The Labute approximate surface area is 168 Å². The third kappa shape index (κ3) is 3.19. The van der Waals surface area contributed by atoms with Gasteiger partial charge in [-0.15, -0.1) is 0 Å². The lowest BCUT2D eigenvalue weighted by Crippen LogP contribution is -2.22. The Kier molecular flexibility index (Phi) is 4.25. The summed E-state index contributed by atoms with van der Waals surface area (Å²) in [7, 11) is 0. The SMILES string of the molecule is O=c1cc(-c2ccc(C(F)(F)F)nc2)ccn1-c1ccc2c3c(oc2c1)CNCC3. The number of hydrogen-bond acceptors (Lipinski definition) is 4. The van der Waals surface area contributed by atoms with Crippen LogP contribution in [0.4, 0.5) is 13.2 Å². The molecule has 8 heteroatoms. The fraction of sp³-hybridized carbons (Fsp3) is 0.182. The second-order valence-electron chi connectivity index (χ2n) is 7.16. The molecule has 0 atom stereocenters. The van der Waals surface area contributed by atoms with Gasteiger partial charge in [0.15, 0.2) is 0 Å². The zero-order valence-electron chi connectivity index (χ0n) is 15.7. The average Bonchev–Trinajstić information content (AvgIpc) is 3.11. The number of hydrogen-bond donors (Lipinski definition) is 1. The quantitative estimate of drug-likeness (QED) is 0.534. The highest BCUT2D eigenvalue weighted by atomic mass is 19.4. The largest absolute Gasteiger partial charge is 0.459 e. The van der Waals surface area contributed by atoms with Crippen LogP contribution < -0.4 is 10.9 Å². The molecule has 1 aliphatic rings. The molecule has 4 heterocycles. The molecule has 152 valence electrons. The summed E-state index contributed by atoms with van der Waals surface area (Å²) in [6.07, 6.45) is -0.879. The fourth-order valence-corrected chi connectivity index (χ4v) is 3.78. The molecule has 0 aliphatic carbocycles. The first-order valence-electron chi connectivity index (χ1n) is 9.42. The number of furan rings is 1. The van der Waals surface area contributed by atoms with E-state index in [2.05, 4.69) is 10.3 Å². The predicted molar refractivity (Wildman–Crippen MR) is 105 cm³/mol. The average molecular weight is 411 g/mol. The summed E-state index contributed by atoms with van der Waals surface area (Å²) in [4.78, 5) is 16.1. The van der Waals surface area contributed by atoms with Crippen LogP contribution in [0.15, 0.2) is 64.1 Å². The van der Waals surface area contributed by atoms with Gasteiger partial charge in [-0.1, -0.05) is 6.07 Å². The monoisotopic (exact) mass is 411 g/mol. The highest BCUT2D eigenvalue weighted by molar-refractivity contribution is 5.84. The number of rotatable bonds is 2. The molecule has 0 bridgehead atoms. The summed E-state index contributed by atoms with van der Waals surface area (Å²) in [5, 5.41) is 4.33. The molecule has 1 aliphatic heterocycles. The van der Waals surface area contributed by atoms with E-state index in [0.717, 1.165) is 42.0 Å². The Hall–Kier alpha value is -3.39. The van der Waals surface area contributed by atoms with E-state index in [0.29, 0.717) is 23.4 Å². The van der Waals surface area contributed by atoms with Gasteiger partial charge in [-0.05, 0) is 42.8 Å². The van der Waals surface area contributed by atoms with Crippen LogP contribution >= 0.6 is 0 Å².